The molecule has 10 heteroatoms. The summed E-state index contributed by atoms with van der Waals surface area (Å²) in [6, 6.07) is 118. The van der Waals surface area contributed by atoms with Gasteiger partial charge in [-0.1, -0.05) is 381 Å². The Bertz CT molecular complexity index is 3580. The van der Waals surface area contributed by atoms with Gasteiger partial charge >= 0.3 is 0 Å². The predicted octanol–water partition coefficient (Wildman–Crippen LogP) is 36.1. The second-order valence-electron chi connectivity index (χ2n) is 28.2. The van der Waals surface area contributed by atoms with Crippen LogP contribution in [0.15, 0.2) is 291 Å². The van der Waals surface area contributed by atoms with Crippen LogP contribution < -0.4 is 0 Å². The van der Waals surface area contributed by atoms with E-state index in [-0.39, 0.29) is 98.1 Å². The predicted molar refractivity (Wildman–Crippen MR) is 632 cm³/mol. The summed E-state index contributed by atoms with van der Waals surface area (Å²) in [7, 11) is 22.8. The molecule has 0 bridgehead atoms. The van der Waals surface area contributed by atoms with Crippen molar-refractivity contribution in [2.45, 2.75) is 255 Å². The summed E-state index contributed by atoms with van der Waals surface area (Å²) in [6.45, 7) is 81.0. The number of benzene rings is 12. The van der Waals surface area contributed by atoms with E-state index in [1.165, 1.54) is 66.8 Å². The van der Waals surface area contributed by atoms with Crippen molar-refractivity contribution in [3.63, 3.8) is 0 Å². The molecule has 140 heavy (non-hydrogen) atoms. The number of fused-ring (bicyclic) bond motifs is 9. The fourth-order valence-electron chi connectivity index (χ4n) is 10.3. The first-order chi connectivity index (χ1) is 66.8. The monoisotopic (exact) mass is 2140 g/mol. The molecule has 0 saturated carbocycles. The Hall–Kier alpha value is -6.33. The molecule has 15 rings (SSSR count). The van der Waals surface area contributed by atoms with E-state index in [4.69, 9.17) is 0 Å². The van der Waals surface area contributed by atoms with Crippen molar-refractivity contribution in [3.05, 3.63) is 361 Å². The summed E-state index contributed by atoms with van der Waals surface area (Å²) in [5.41, 5.74) is 23.8. The molecule has 0 N–H and O–H groups in total. The third kappa shape index (κ3) is 83.9. The maximum Gasteiger partial charge on any atom is 0 e. The second-order valence-corrected chi connectivity index (χ2v) is 28.2. The summed E-state index contributed by atoms with van der Waals surface area (Å²) in [6.07, 6.45) is 3.31. The number of nitrogens with zero attached hydrogens (tertiary/aromatic N) is 7. The average molecular weight is 2140 g/mol. The van der Waals surface area contributed by atoms with Gasteiger partial charge in [-0.15, -0.1) is 36.4 Å². The Morgan fingerprint density at radius 3 is 0.336 bits per heavy atom. The fourth-order valence-corrected chi connectivity index (χ4v) is 10.3. The molecule has 3 aliphatic rings. The molecule has 7 nitrogen and oxygen atoms in total. The summed E-state index contributed by atoms with van der Waals surface area (Å²) >= 11 is 0. The molecule has 0 fully saturated rings. The van der Waals surface area contributed by atoms with Gasteiger partial charge in [0, 0.05) is 98.1 Å². The van der Waals surface area contributed by atoms with Gasteiger partial charge < -0.3 is 34.3 Å². The largest absolute Gasteiger partial charge is 0.310 e. The van der Waals surface area contributed by atoms with Gasteiger partial charge in [0.15, 0.2) is 0 Å². The van der Waals surface area contributed by atoms with Gasteiger partial charge in [-0.3, -0.25) is 0 Å². The third-order valence-corrected chi connectivity index (χ3v) is 19.0. The zero-order chi connectivity index (χ0) is 107. The molecule has 0 heterocycles. The molecule has 12 aromatic rings. The van der Waals surface area contributed by atoms with E-state index in [0.29, 0.717) is 0 Å². The molecule has 0 amide bonds. The first kappa shape index (κ1) is 162. The Balaban J connectivity index is -0.000000113. The summed E-state index contributed by atoms with van der Waals surface area (Å²) in [5.74, 6) is 0. The van der Waals surface area contributed by atoms with Crippen LogP contribution in [-0.2, 0) is 117 Å². The van der Waals surface area contributed by atoms with Crippen molar-refractivity contribution in [1.29, 1.82) is 0 Å². The molecule has 0 aromatic heterocycles. The van der Waals surface area contributed by atoms with Gasteiger partial charge in [-0.05, 0) is 229 Å². The summed E-state index contributed by atoms with van der Waals surface area (Å²) in [5, 5.41) is 0. The minimum Gasteiger partial charge on any atom is -0.310 e. The van der Waals surface area contributed by atoms with Crippen LogP contribution in [0.4, 0.5) is 0 Å². The van der Waals surface area contributed by atoms with Crippen LogP contribution in [0, 0.1) is 36.4 Å². The van der Waals surface area contributed by atoms with Crippen LogP contribution in [0.25, 0.3) is 66.8 Å². The zero-order valence-electron chi connectivity index (χ0n) is 98.8. The van der Waals surface area contributed by atoms with E-state index >= 15 is 0 Å². The normalized spacial score (nSPS) is 9.09. The molecule has 3 aliphatic carbocycles. The minimum absolute atomic E-state index is 0. The Morgan fingerprint density at radius 2 is 0.257 bits per heavy atom. The van der Waals surface area contributed by atoms with Crippen molar-refractivity contribution >= 4 is 0 Å². The van der Waals surface area contributed by atoms with Crippen LogP contribution in [0.5, 0.6) is 0 Å². The summed E-state index contributed by atoms with van der Waals surface area (Å²) < 4.78 is 0. The van der Waals surface area contributed by atoms with Gasteiger partial charge in [0.1, 0.15) is 0 Å². The van der Waals surface area contributed by atoms with Crippen LogP contribution in [0.3, 0.4) is 0 Å². The topological polar surface area (TPSA) is 22.7 Å². The number of rotatable bonds is 13. The van der Waals surface area contributed by atoms with E-state index in [0.717, 1.165) is 118 Å². The maximum atomic E-state index is 3.15. The third-order valence-electron chi connectivity index (χ3n) is 19.0. The molecule has 0 aliphatic heterocycles. The average Bonchev–Trinajstić information content (AvgIpc) is 1.66. The first-order valence-corrected chi connectivity index (χ1v) is 52.7. The Labute approximate surface area is 948 Å². The smallest absolute Gasteiger partial charge is 0 e. The zero-order valence-corrected chi connectivity index (χ0v) is 107. The van der Waals surface area contributed by atoms with Gasteiger partial charge in [-0.25, -0.2) is 33.4 Å². The molecular weight excluding hydrogens is 1930 g/mol. The molecule has 0 saturated heterocycles. The number of hydrogen-bond donors (Lipinski definition) is 0. The van der Waals surface area contributed by atoms with E-state index < -0.39 is 0 Å². The van der Waals surface area contributed by atoms with Gasteiger partial charge in [0.05, 0.1) is 0 Å². The van der Waals surface area contributed by atoms with Crippen LogP contribution in [0.1, 0.15) is 269 Å². The molecule has 12 aromatic carbocycles. The quantitative estimate of drug-likeness (QED) is 0.106. The fraction of sp³-hybridized carbons (Fsp3) is 0.446. The van der Waals surface area contributed by atoms with Crippen LogP contribution in [-0.4, -0.2) is 177 Å². The molecule has 0 unspecified atom stereocenters. The van der Waals surface area contributed by atoms with Crippen molar-refractivity contribution < 1.29 is 98.1 Å². The van der Waals surface area contributed by atoms with E-state index in [2.05, 4.69) is 363 Å². The number of hydrogen-bond acceptors (Lipinski definition) is 7. The van der Waals surface area contributed by atoms with Crippen molar-refractivity contribution in [2.24, 2.45) is 0 Å². The van der Waals surface area contributed by atoms with E-state index in [1.807, 2.05) is 312 Å². The minimum atomic E-state index is 0. The first-order valence-electron chi connectivity index (χ1n) is 52.7. The van der Waals surface area contributed by atoms with E-state index in [9.17, 15) is 0 Å². The van der Waals surface area contributed by atoms with Gasteiger partial charge in [0.25, 0.3) is 0 Å². The van der Waals surface area contributed by atoms with Gasteiger partial charge in [0.2, 0.25) is 0 Å². The molecule has 779 valence electrons. The molecular formula is C130H209N7Y3-6. The van der Waals surface area contributed by atoms with Crippen molar-refractivity contribution in [3.8, 4) is 66.8 Å². The molecule has 0 spiro atoms. The van der Waals surface area contributed by atoms with Gasteiger partial charge in [-0.2, -0.15) is 146 Å². The molecule has 0 atom stereocenters. The second kappa shape index (κ2) is 125. The van der Waals surface area contributed by atoms with Crippen LogP contribution >= 0.6 is 0 Å². The SMILES string of the molecule is CC.CC.CC.CC.CC.CC.CC.CC.CC.CC.CC.CC.CCN(C)C.CCN(C)C.CCN(C)C.CCN(C)C.CCN(C)CC.CCN(C)CC.CCN(C)CC.[Y].[Y].[Y].[c-]1ccccc1-c1[c-]cccc1.[c-]1ccccc1-c1[c-]cccc1.[c-]1ccccc1-c1[c-]cccc1.c1ccc2c(c1)Cc1ccccc1-2.c1ccc2c(c1)Cc1ccccc1-2.c1ccc2c(c1)Cc1ccccc1-2. The molecule has 3 radical (unpaired) electrons. The Morgan fingerprint density at radius 1 is 0.157 bits per heavy atom. The van der Waals surface area contributed by atoms with Crippen molar-refractivity contribution in [1.82, 2.24) is 34.3 Å². The standard InChI is InChI=1S/3C13H10.3C12H8.3C5H13N.4C4H11N.12C2H6.3Y/c3*1-3-7-12-10(5-1)9-11-6-2-4-8-13(11)12;3*1-3-7-11(8-4-1)12-9-5-2-6-10-12;3*1-4-6(3)5-2;4*1-4-5(2)3;12*1-2;;;/h3*1-8H,9H2;3*1-7,9H;3*4-5H2,1-3H3;4*4H2,1-3H3;12*1-2H3;;;/q;;;3*-2;;;;;;;;;;;;;;;;;;;;;;. The van der Waals surface area contributed by atoms with Crippen LogP contribution in [0.2, 0.25) is 0 Å². The maximum absolute atomic E-state index is 3.15. The Kier molecular flexibility index (Phi) is 144. The summed E-state index contributed by atoms with van der Waals surface area (Å²) in [4.78, 5) is 15.2. The van der Waals surface area contributed by atoms with Crippen molar-refractivity contribution in [2.75, 3.05) is 143 Å². The van der Waals surface area contributed by atoms with E-state index in [1.54, 1.807) is 0 Å².